The van der Waals surface area contributed by atoms with E-state index in [4.69, 9.17) is 4.99 Å². The Kier molecular flexibility index (Phi) is 4.89. The lowest BCUT2D eigenvalue weighted by Gasteiger charge is -2.38. The van der Waals surface area contributed by atoms with Crippen LogP contribution in [0.3, 0.4) is 0 Å². The third-order valence-corrected chi connectivity index (χ3v) is 6.31. The summed E-state index contributed by atoms with van der Waals surface area (Å²) in [6, 6.07) is 10.3. The van der Waals surface area contributed by atoms with E-state index < -0.39 is 11.4 Å². The first-order valence-electron chi connectivity index (χ1n) is 9.60. The van der Waals surface area contributed by atoms with Gasteiger partial charge in [-0.2, -0.15) is 0 Å². The number of fused-ring (bicyclic) bond motifs is 2. The van der Waals surface area contributed by atoms with Gasteiger partial charge < -0.3 is 15.3 Å². The van der Waals surface area contributed by atoms with Gasteiger partial charge in [0.15, 0.2) is 0 Å². The standard InChI is InChI=1S/C21H26N4O2S/c1-14-12-15-18(22-16-6-4-5-7-17(16)23-19(15)28-14)25-10-8-24(9-11-25)13-21(2,3)20(26)27/h4-7,12,23H,8-11,13H2,1-3H3,(H,26,27). The molecule has 0 saturated carbocycles. The van der Waals surface area contributed by atoms with Crippen LogP contribution in [0, 0.1) is 12.3 Å². The molecule has 3 heterocycles. The molecule has 0 atom stereocenters. The first kappa shape index (κ1) is 19.0. The Labute approximate surface area is 169 Å². The van der Waals surface area contributed by atoms with Gasteiger partial charge in [0.2, 0.25) is 0 Å². The third kappa shape index (κ3) is 3.64. The second-order valence-electron chi connectivity index (χ2n) is 8.13. The first-order valence-corrected chi connectivity index (χ1v) is 10.4. The average molecular weight is 399 g/mol. The SMILES string of the molecule is Cc1cc2c(s1)Nc1ccccc1N=C2N1CCN(CC(C)(C)C(=O)O)CC1. The van der Waals surface area contributed by atoms with E-state index in [1.165, 1.54) is 4.88 Å². The number of hydrogen-bond acceptors (Lipinski definition) is 6. The van der Waals surface area contributed by atoms with Crippen molar-refractivity contribution in [3.8, 4) is 0 Å². The molecule has 28 heavy (non-hydrogen) atoms. The molecule has 1 saturated heterocycles. The van der Waals surface area contributed by atoms with Gasteiger partial charge in [0.1, 0.15) is 10.8 Å². The molecule has 0 bridgehead atoms. The fraction of sp³-hybridized carbons (Fsp3) is 0.429. The predicted octanol–water partition coefficient (Wildman–Crippen LogP) is 3.92. The van der Waals surface area contributed by atoms with E-state index in [-0.39, 0.29) is 0 Å². The van der Waals surface area contributed by atoms with E-state index >= 15 is 0 Å². The highest BCUT2D eigenvalue weighted by atomic mass is 32.1. The largest absolute Gasteiger partial charge is 0.481 e. The van der Waals surface area contributed by atoms with Crippen LogP contribution in [-0.2, 0) is 4.79 Å². The predicted molar refractivity (Wildman–Crippen MR) is 114 cm³/mol. The van der Waals surface area contributed by atoms with Crippen molar-refractivity contribution >= 4 is 39.5 Å². The van der Waals surface area contributed by atoms with Crippen molar-refractivity contribution in [2.75, 3.05) is 38.0 Å². The lowest BCUT2D eigenvalue weighted by atomic mass is 9.93. The zero-order valence-corrected chi connectivity index (χ0v) is 17.3. The molecule has 0 amide bonds. The van der Waals surface area contributed by atoms with E-state index in [2.05, 4.69) is 34.2 Å². The third-order valence-electron chi connectivity index (χ3n) is 5.34. The number of para-hydroxylation sites is 2. The van der Waals surface area contributed by atoms with E-state index in [1.807, 2.05) is 18.2 Å². The Hall–Kier alpha value is -2.38. The molecule has 0 spiro atoms. The minimum absolute atomic E-state index is 0.565. The number of amidine groups is 1. The van der Waals surface area contributed by atoms with Crippen LogP contribution >= 0.6 is 11.3 Å². The lowest BCUT2D eigenvalue weighted by molar-refractivity contribution is -0.148. The molecular weight excluding hydrogens is 372 g/mol. The van der Waals surface area contributed by atoms with Crippen molar-refractivity contribution in [2.24, 2.45) is 10.4 Å². The normalized spacial score (nSPS) is 17.2. The van der Waals surface area contributed by atoms with Crippen LogP contribution < -0.4 is 5.32 Å². The average Bonchev–Trinajstić information content (AvgIpc) is 2.94. The van der Waals surface area contributed by atoms with Crippen molar-refractivity contribution in [1.82, 2.24) is 9.80 Å². The van der Waals surface area contributed by atoms with Gasteiger partial charge in [0, 0.05) is 37.6 Å². The molecule has 1 aromatic heterocycles. The molecule has 0 aliphatic carbocycles. The fourth-order valence-corrected chi connectivity index (χ4v) is 4.65. The molecule has 2 aliphatic rings. The second kappa shape index (κ2) is 7.22. The Morgan fingerprint density at radius 3 is 2.68 bits per heavy atom. The summed E-state index contributed by atoms with van der Waals surface area (Å²) in [5.74, 6) is 0.262. The van der Waals surface area contributed by atoms with Crippen LogP contribution in [0.1, 0.15) is 24.3 Å². The summed E-state index contributed by atoms with van der Waals surface area (Å²) in [4.78, 5) is 22.3. The summed E-state index contributed by atoms with van der Waals surface area (Å²) in [5.41, 5.74) is 2.40. The van der Waals surface area contributed by atoms with Crippen LogP contribution in [0.2, 0.25) is 0 Å². The maximum atomic E-state index is 11.4. The number of anilines is 2. The molecule has 2 aromatic rings. The molecule has 0 unspecified atom stereocenters. The van der Waals surface area contributed by atoms with E-state index in [0.29, 0.717) is 6.54 Å². The number of nitrogens with one attached hydrogen (secondary N) is 1. The Balaban J connectivity index is 1.57. The highest BCUT2D eigenvalue weighted by molar-refractivity contribution is 7.16. The number of carboxylic acids is 1. The highest BCUT2D eigenvalue weighted by Gasteiger charge is 2.32. The summed E-state index contributed by atoms with van der Waals surface area (Å²) in [5, 5.41) is 14.1. The number of benzene rings is 1. The Morgan fingerprint density at radius 2 is 1.96 bits per heavy atom. The number of aliphatic imine (C=N–C) groups is 1. The quantitative estimate of drug-likeness (QED) is 0.820. The van der Waals surface area contributed by atoms with Gasteiger partial charge in [-0.3, -0.25) is 9.69 Å². The van der Waals surface area contributed by atoms with Gasteiger partial charge in [0.25, 0.3) is 0 Å². The number of aliphatic carboxylic acids is 1. The monoisotopic (exact) mass is 398 g/mol. The molecule has 0 radical (unpaired) electrons. The van der Waals surface area contributed by atoms with E-state index in [0.717, 1.165) is 54.0 Å². The summed E-state index contributed by atoms with van der Waals surface area (Å²) in [6.45, 7) is 9.62. The number of hydrogen-bond donors (Lipinski definition) is 2. The fourth-order valence-electron chi connectivity index (χ4n) is 3.73. The van der Waals surface area contributed by atoms with Crippen molar-refractivity contribution < 1.29 is 9.90 Å². The van der Waals surface area contributed by atoms with Crippen LogP contribution in [0.5, 0.6) is 0 Å². The van der Waals surface area contributed by atoms with E-state index in [9.17, 15) is 9.90 Å². The maximum Gasteiger partial charge on any atom is 0.310 e. The topological polar surface area (TPSA) is 68.2 Å². The summed E-state index contributed by atoms with van der Waals surface area (Å²) in [7, 11) is 0. The number of thiophene rings is 1. The number of carboxylic acid groups (broad SMARTS) is 1. The zero-order chi connectivity index (χ0) is 19.9. The van der Waals surface area contributed by atoms with Crippen LogP contribution in [0.15, 0.2) is 35.3 Å². The second-order valence-corrected chi connectivity index (χ2v) is 9.39. The lowest BCUT2D eigenvalue weighted by Crippen LogP contribution is -2.52. The van der Waals surface area contributed by atoms with Gasteiger partial charge in [0.05, 0.1) is 22.4 Å². The van der Waals surface area contributed by atoms with Crippen LogP contribution in [0.4, 0.5) is 16.4 Å². The molecule has 6 nitrogen and oxygen atoms in total. The highest BCUT2D eigenvalue weighted by Crippen LogP contribution is 2.39. The molecule has 2 aliphatic heterocycles. The van der Waals surface area contributed by atoms with Crippen molar-refractivity contribution in [2.45, 2.75) is 20.8 Å². The van der Waals surface area contributed by atoms with Gasteiger partial charge >= 0.3 is 5.97 Å². The van der Waals surface area contributed by atoms with Crippen LogP contribution in [-0.4, -0.2) is 59.4 Å². The smallest absolute Gasteiger partial charge is 0.310 e. The van der Waals surface area contributed by atoms with E-state index in [1.54, 1.807) is 25.2 Å². The number of carbonyl (C=O) groups is 1. The van der Waals surface area contributed by atoms with Crippen molar-refractivity contribution in [3.05, 3.63) is 40.8 Å². The minimum atomic E-state index is -0.746. The molecule has 1 aromatic carbocycles. The minimum Gasteiger partial charge on any atom is -0.481 e. The van der Waals surface area contributed by atoms with Gasteiger partial charge in [-0.25, -0.2) is 4.99 Å². The maximum absolute atomic E-state index is 11.4. The Bertz CT molecular complexity index is 926. The van der Waals surface area contributed by atoms with Crippen LogP contribution in [0.25, 0.3) is 0 Å². The van der Waals surface area contributed by atoms with Crippen molar-refractivity contribution in [3.63, 3.8) is 0 Å². The number of nitrogens with zero attached hydrogens (tertiary/aromatic N) is 3. The molecule has 148 valence electrons. The molecular formula is C21H26N4O2S. The molecule has 2 N–H and O–H groups in total. The van der Waals surface area contributed by atoms with Crippen molar-refractivity contribution in [1.29, 1.82) is 0 Å². The Morgan fingerprint density at radius 1 is 1.25 bits per heavy atom. The first-order chi connectivity index (χ1) is 13.3. The summed E-state index contributed by atoms with van der Waals surface area (Å²) >= 11 is 1.75. The molecule has 7 heteroatoms. The number of piperazine rings is 1. The van der Waals surface area contributed by atoms with Gasteiger partial charge in [-0.15, -0.1) is 11.3 Å². The molecule has 1 fully saturated rings. The summed E-state index contributed by atoms with van der Waals surface area (Å²) < 4.78 is 0. The summed E-state index contributed by atoms with van der Waals surface area (Å²) in [6.07, 6.45) is 0. The number of rotatable bonds is 3. The van der Waals surface area contributed by atoms with Gasteiger partial charge in [-0.1, -0.05) is 12.1 Å². The number of aryl methyl sites for hydroxylation is 1. The molecule has 4 rings (SSSR count). The zero-order valence-electron chi connectivity index (χ0n) is 16.5. The van der Waals surface area contributed by atoms with Gasteiger partial charge in [-0.05, 0) is 39.0 Å².